The number of rotatable bonds is 7. The summed E-state index contributed by atoms with van der Waals surface area (Å²) in [7, 11) is -3.96. The van der Waals surface area contributed by atoms with Gasteiger partial charge in [0.05, 0.1) is 10.9 Å². The van der Waals surface area contributed by atoms with Crippen LogP contribution >= 0.6 is 0 Å². The maximum atomic E-state index is 12.6. The van der Waals surface area contributed by atoms with E-state index in [-0.39, 0.29) is 10.8 Å². The Bertz CT molecular complexity index is 890. The Morgan fingerprint density at radius 2 is 1.62 bits per heavy atom. The quantitative estimate of drug-likeness (QED) is 0.752. The van der Waals surface area contributed by atoms with Gasteiger partial charge in [0, 0.05) is 25.0 Å². The largest absolute Gasteiger partial charge is 0.550 e. The van der Waals surface area contributed by atoms with E-state index in [4.69, 9.17) is 0 Å². The summed E-state index contributed by atoms with van der Waals surface area (Å²) >= 11 is 0. The Hall–Kier alpha value is -2.71. The molecular weight excluding hydrogens is 356 g/mol. The van der Waals surface area contributed by atoms with Crippen LogP contribution in [0.2, 0.25) is 0 Å². The number of anilines is 1. The van der Waals surface area contributed by atoms with Gasteiger partial charge in [-0.15, -0.1) is 0 Å². The fourth-order valence-electron chi connectivity index (χ4n) is 2.37. The first kappa shape index (κ1) is 19.6. The molecule has 0 saturated heterocycles. The van der Waals surface area contributed by atoms with Crippen molar-refractivity contribution in [3.05, 3.63) is 59.7 Å². The molecule has 0 spiro atoms. The normalized spacial score (nSPS) is 12.4. The van der Waals surface area contributed by atoms with E-state index in [1.807, 2.05) is 6.92 Å². The number of carbonyl (C=O) groups excluding carboxylic acids is 2. The van der Waals surface area contributed by atoms with Crippen LogP contribution in [-0.4, -0.2) is 20.3 Å². The zero-order valence-electron chi connectivity index (χ0n) is 14.4. The highest BCUT2D eigenvalue weighted by Crippen LogP contribution is 2.21. The molecule has 1 amide bonds. The molecule has 138 valence electrons. The van der Waals surface area contributed by atoms with Crippen molar-refractivity contribution in [2.24, 2.45) is 0 Å². The fourth-order valence-corrected chi connectivity index (χ4v) is 3.59. The minimum atomic E-state index is -3.96. The Morgan fingerprint density at radius 3 is 2.12 bits per heavy atom. The van der Waals surface area contributed by atoms with Crippen LogP contribution in [0.1, 0.15) is 30.5 Å². The highest BCUT2D eigenvalue weighted by molar-refractivity contribution is 7.89. The van der Waals surface area contributed by atoms with E-state index >= 15 is 0 Å². The predicted octanol–water partition coefficient (Wildman–Crippen LogP) is 1.11. The lowest BCUT2D eigenvalue weighted by molar-refractivity contribution is -0.306. The molecule has 2 aromatic rings. The number of carboxylic acid groups (broad SMARTS) is 1. The van der Waals surface area contributed by atoms with Gasteiger partial charge < -0.3 is 15.2 Å². The molecule has 0 radical (unpaired) electrons. The number of carboxylic acids is 1. The summed E-state index contributed by atoms with van der Waals surface area (Å²) in [6.07, 6.45) is -0.494. The number of nitrogens with one attached hydrogen (secondary N) is 2. The van der Waals surface area contributed by atoms with Crippen LogP contribution in [0.15, 0.2) is 53.4 Å². The molecule has 0 aliphatic heterocycles. The minimum Gasteiger partial charge on any atom is -0.550 e. The van der Waals surface area contributed by atoms with E-state index in [9.17, 15) is 23.1 Å². The van der Waals surface area contributed by atoms with E-state index in [1.165, 1.54) is 31.2 Å². The van der Waals surface area contributed by atoms with Crippen molar-refractivity contribution < 1.29 is 23.1 Å². The van der Waals surface area contributed by atoms with Crippen molar-refractivity contribution in [1.29, 1.82) is 0 Å². The van der Waals surface area contributed by atoms with E-state index in [0.717, 1.165) is 5.56 Å². The Kier molecular flexibility index (Phi) is 6.12. The van der Waals surface area contributed by atoms with E-state index in [0.29, 0.717) is 11.3 Å². The average Bonchev–Trinajstić information content (AvgIpc) is 2.54. The predicted molar refractivity (Wildman–Crippen MR) is 94.6 cm³/mol. The first-order valence-electron chi connectivity index (χ1n) is 7.84. The smallest absolute Gasteiger partial charge is 0.241 e. The van der Waals surface area contributed by atoms with Crippen molar-refractivity contribution in [3.63, 3.8) is 0 Å². The highest BCUT2D eigenvalue weighted by Gasteiger charge is 2.21. The van der Waals surface area contributed by atoms with Gasteiger partial charge >= 0.3 is 0 Å². The van der Waals surface area contributed by atoms with Crippen molar-refractivity contribution in [2.75, 3.05) is 5.32 Å². The summed E-state index contributed by atoms with van der Waals surface area (Å²) < 4.78 is 27.6. The van der Waals surface area contributed by atoms with Gasteiger partial charge in [0.25, 0.3) is 0 Å². The first-order chi connectivity index (χ1) is 12.2. The maximum absolute atomic E-state index is 12.6. The lowest BCUT2D eigenvalue weighted by Crippen LogP contribution is -2.34. The van der Waals surface area contributed by atoms with Gasteiger partial charge in [-0.2, -0.15) is 0 Å². The van der Waals surface area contributed by atoms with Gasteiger partial charge in [-0.25, -0.2) is 13.1 Å². The molecular formula is C18H19N2O5S-. The first-order valence-corrected chi connectivity index (χ1v) is 9.32. The van der Waals surface area contributed by atoms with Gasteiger partial charge in [-0.3, -0.25) is 4.79 Å². The monoisotopic (exact) mass is 375 g/mol. The van der Waals surface area contributed by atoms with Crippen LogP contribution < -0.4 is 15.1 Å². The van der Waals surface area contributed by atoms with E-state index < -0.39 is 28.5 Å². The zero-order chi connectivity index (χ0) is 19.3. The summed E-state index contributed by atoms with van der Waals surface area (Å²) in [4.78, 5) is 22.0. The molecule has 8 heteroatoms. The topological polar surface area (TPSA) is 115 Å². The van der Waals surface area contributed by atoms with Gasteiger partial charge in [-0.1, -0.05) is 29.8 Å². The molecule has 0 aliphatic rings. The summed E-state index contributed by atoms with van der Waals surface area (Å²) in [5.74, 6) is -1.63. The number of hydrogen-bond donors (Lipinski definition) is 2. The zero-order valence-corrected chi connectivity index (χ0v) is 15.2. The molecule has 1 atom stereocenters. The van der Waals surface area contributed by atoms with Crippen LogP contribution in [0.4, 0.5) is 5.69 Å². The molecule has 7 nitrogen and oxygen atoms in total. The van der Waals surface area contributed by atoms with Crippen molar-refractivity contribution in [1.82, 2.24) is 4.72 Å². The Labute approximate surface area is 152 Å². The third-order valence-electron chi connectivity index (χ3n) is 3.63. The molecule has 0 aromatic heterocycles. The molecule has 2 N–H and O–H groups in total. The fraction of sp³-hybridized carbons (Fsp3) is 0.222. The van der Waals surface area contributed by atoms with E-state index in [2.05, 4.69) is 10.0 Å². The second-order valence-corrected chi connectivity index (χ2v) is 7.58. The number of hydrogen-bond acceptors (Lipinski definition) is 5. The second-order valence-electron chi connectivity index (χ2n) is 5.87. The van der Waals surface area contributed by atoms with Crippen LogP contribution in [0.3, 0.4) is 0 Å². The summed E-state index contributed by atoms with van der Waals surface area (Å²) in [5.41, 5.74) is 1.96. The molecule has 0 fully saturated rings. The molecule has 2 rings (SSSR count). The van der Waals surface area contributed by atoms with Gasteiger partial charge in [-0.05, 0) is 36.8 Å². The molecule has 0 aliphatic carbocycles. The molecule has 0 heterocycles. The Morgan fingerprint density at radius 1 is 1.04 bits per heavy atom. The van der Waals surface area contributed by atoms with Crippen molar-refractivity contribution >= 4 is 27.6 Å². The molecule has 0 bridgehead atoms. The summed E-state index contributed by atoms with van der Waals surface area (Å²) in [6, 6.07) is 11.5. The van der Waals surface area contributed by atoms with Crippen molar-refractivity contribution in [3.8, 4) is 0 Å². The van der Waals surface area contributed by atoms with Crippen molar-refractivity contribution in [2.45, 2.75) is 31.2 Å². The highest BCUT2D eigenvalue weighted by atomic mass is 32.2. The number of amides is 1. The molecule has 26 heavy (non-hydrogen) atoms. The third-order valence-corrected chi connectivity index (χ3v) is 5.12. The third kappa shape index (κ3) is 5.40. The summed E-state index contributed by atoms with van der Waals surface area (Å²) in [5, 5.41) is 13.6. The number of aryl methyl sites for hydroxylation is 1. The minimum absolute atomic E-state index is 0.0398. The van der Waals surface area contributed by atoms with Crippen LogP contribution in [0, 0.1) is 6.92 Å². The van der Waals surface area contributed by atoms with Gasteiger partial charge in [0.1, 0.15) is 0 Å². The lowest BCUT2D eigenvalue weighted by atomic mass is 10.0. The SMILES string of the molecule is CC(=O)Nc1ccc(S(=O)(=O)N[C@H](CC(=O)[O-])c2ccc(C)cc2)cc1. The standard InChI is InChI=1S/C18H20N2O5S/c1-12-3-5-14(6-4-12)17(11-18(22)23)20-26(24,25)16-9-7-15(8-10-16)19-13(2)21/h3-10,17,20H,11H2,1-2H3,(H,19,21)(H,22,23)/p-1/t17-/m1/s1. The lowest BCUT2D eigenvalue weighted by Gasteiger charge is -2.20. The Balaban J connectivity index is 2.26. The maximum Gasteiger partial charge on any atom is 0.241 e. The molecule has 0 saturated carbocycles. The second kappa shape index (κ2) is 8.11. The molecule has 2 aromatic carbocycles. The number of aliphatic carboxylic acids is 1. The van der Waals surface area contributed by atoms with E-state index in [1.54, 1.807) is 24.3 Å². The number of sulfonamides is 1. The van der Waals surface area contributed by atoms with Gasteiger partial charge in [0.2, 0.25) is 15.9 Å². The summed E-state index contributed by atoms with van der Waals surface area (Å²) in [6.45, 7) is 3.22. The number of carbonyl (C=O) groups is 2. The molecule has 0 unspecified atom stereocenters. The average molecular weight is 375 g/mol. The van der Waals surface area contributed by atoms with Gasteiger partial charge in [0.15, 0.2) is 0 Å². The van der Waals surface area contributed by atoms with Crippen LogP contribution in [0.25, 0.3) is 0 Å². The number of benzene rings is 2. The van der Waals surface area contributed by atoms with Crippen LogP contribution in [-0.2, 0) is 19.6 Å². The van der Waals surface area contributed by atoms with Crippen LogP contribution in [0.5, 0.6) is 0 Å².